The monoisotopic (exact) mass is 474 g/mol. The van der Waals surface area contributed by atoms with Gasteiger partial charge >= 0.3 is 0 Å². The molecule has 0 heterocycles. The van der Waals surface area contributed by atoms with Crippen LogP contribution in [0.1, 0.15) is 87.0 Å². The molecule has 0 amide bonds. The van der Waals surface area contributed by atoms with E-state index in [4.69, 9.17) is 11.6 Å². The summed E-state index contributed by atoms with van der Waals surface area (Å²) in [6.07, 6.45) is 13.6. The molecular weight excluding hydrogens is 439 g/mol. The lowest BCUT2D eigenvalue weighted by Gasteiger charge is -2.28. The van der Waals surface area contributed by atoms with E-state index in [9.17, 15) is 4.39 Å². The Morgan fingerprint density at radius 3 is 2.06 bits per heavy atom. The molecule has 0 spiro atoms. The highest BCUT2D eigenvalue weighted by molar-refractivity contribution is 6.32. The summed E-state index contributed by atoms with van der Waals surface area (Å²) >= 11 is 6.27. The Hall–Kier alpha value is -2.38. The Bertz CT molecular complexity index is 1090. The van der Waals surface area contributed by atoms with Gasteiger partial charge in [-0.15, -0.1) is 0 Å². The third-order valence-electron chi connectivity index (χ3n) is 7.34. The van der Waals surface area contributed by atoms with Crippen LogP contribution in [0.4, 0.5) is 4.39 Å². The third-order valence-corrected chi connectivity index (χ3v) is 7.72. The number of hydrogen-bond donors (Lipinski definition) is 0. The zero-order valence-corrected chi connectivity index (χ0v) is 21.3. The average Bonchev–Trinajstić information content (AvgIpc) is 2.88. The molecule has 0 aliphatic heterocycles. The van der Waals surface area contributed by atoms with E-state index in [0.717, 1.165) is 23.8 Å². The Kier molecular flexibility index (Phi) is 8.62. The summed E-state index contributed by atoms with van der Waals surface area (Å²) in [5.41, 5.74) is 6.41. The van der Waals surface area contributed by atoms with Crippen molar-refractivity contribution in [2.24, 2.45) is 5.92 Å². The van der Waals surface area contributed by atoms with E-state index in [2.05, 4.69) is 55.5 Å². The first-order valence-electron chi connectivity index (χ1n) is 12.9. The molecule has 2 heteroatoms. The highest BCUT2D eigenvalue weighted by atomic mass is 35.5. The minimum Gasteiger partial charge on any atom is -0.205 e. The first-order chi connectivity index (χ1) is 16.6. The number of halogens is 2. The molecule has 0 unspecified atom stereocenters. The van der Waals surface area contributed by atoms with Crippen LogP contribution in [0.3, 0.4) is 0 Å². The van der Waals surface area contributed by atoms with Crippen molar-refractivity contribution >= 4 is 23.8 Å². The second-order valence-corrected chi connectivity index (χ2v) is 10.2. The van der Waals surface area contributed by atoms with E-state index >= 15 is 0 Å². The molecule has 34 heavy (non-hydrogen) atoms. The zero-order chi connectivity index (χ0) is 23.9. The van der Waals surface area contributed by atoms with Crippen LogP contribution in [0.2, 0.25) is 5.02 Å². The fourth-order valence-electron chi connectivity index (χ4n) is 5.31. The first kappa shape index (κ1) is 24.7. The molecule has 0 nitrogen and oxygen atoms in total. The maximum absolute atomic E-state index is 14.4. The summed E-state index contributed by atoms with van der Waals surface area (Å²) < 4.78 is 14.4. The summed E-state index contributed by atoms with van der Waals surface area (Å²) in [7, 11) is 0. The van der Waals surface area contributed by atoms with Gasteiger partial charge in [-0.05, 0) is 77.3 Å². The highest BCUT2D eigenvalue weighted by Gasteiger charge is 2.21. The Morgan fingerprint density at radius 2 is 1.44 bits per heavy atom. The lowest BCUT2D eigenvalue weighted by Crippen LogP contribution is -2.13. The molecule has 3 aromatic carbocycles. The molecule has 1 fully saturated rings. The van der Waals surface area contributed by atoms with E-state index in [1.54, 1.807) is 0 Å². The zero-order valence-electron chi connectivity index (χ0n) is 20.5. The number of aryl methyl sites for hydroxylation is 1. The van der Waals surface area contributed by atoms with Gasteiger partial charge in [0.2, 0.25) is 0 Å². The van der Waals surface area contributed by atoms with Gasteiger partial charge < -0.3 is 0 Å². The summed E-state index contributed by atoms with van der Waals surface area (Å²) in [6, 6.07) is 21.4. The van der Waals surface area contributed by atoms with Crippen LogP contribution in [0.25, 0.3) is 23.3 Å². The van der Waals surface area contributed by atoms with E-state index in [0.29, 0.717) is 17.5 Å². The lowest BCUT2D eigenvalue weighted by molar-refractivity contribution is 0.308. The van der Waals surface area contributed by atoms with Crippen molar-refractivity contribution in [2.75, 3.05) is 0 Å². The van der Waals surface area contributed by atoms with Gasteiger partial charge in [-0.25, -0.2) is 4.39 Å². The quantitative estimate of drug-likeness (QED) is 0.285. The maximum Gasteiger partial charge on any atom is 0.145 e. The van der Waals surface area contributed by atoms with E-state index in [1.807, 2.05) is 31.2 Å². The van der Waals surface area contributed by atoms with E-state index < -0.39 is 0 Å². The Labute approximate surface area is 209 Å². The molecular formula is C32H36ClF. The van der Waals surface area contributed by atoms with Crippen molar-refractivity contribution in [3.05, 3.63) is 93.8 Å². The standard InChI is InChI=1S/C32H36ClF/c1-3-5-23-7-12-25(13-8-23)27-17-19-28(20-18-27)26-14-9-24(10-15-26)11-16-29-21-22-30(6-4-2)32(34)31(29)33/h9-11,14-23,25H,3-8,12-13H2,1-2H3/b16-11+. The van der Waals surface area contributed by atoms with Gasteiger partial charge in [-0.3, -0.25) is 0 Å². The molecule has 1 aliphatic carbocycles. The molecule has 4 rings (SSSR count). The van der Waals surface area contributed by atoms with Crippen LogP contribution in [-0.2, 0) is 6.42 Å². The van der Waals surface area contributed by atoms with E-state index in [1.165, 1.54) is 55.2 Å². The SMILES string of the molecule is CCCc1ccc(/C=C/c2ccc(-c3ccc(C4CCC(CCC)CC4)cc3)cc2)c(Cl)c1F. The molecule has 0 N–H and O–H groups in total. The first-order valence-corrected chi connectivity index (χ1v) is 13.3. The van der Waals surface area contributed by atoms with Crippen LogP contribution in [-0.4, -0.2) is 0 Å². The third kappa shape index (κ3) is 5.99. The molecule has 1 saturated carbocycles. The van der Waals surface area contributed by atoms with Crippen molar-refractivity contribution < 1.29 is 4.39 Å². The van der Waals surface area contributed by atoms with Crippen molar-refractivity contribution in [3.63, 3.8) is 0 Å². The second kappa shape index (κ2) is 11.8. The fourth-order valence-corrected chi connectivity index (χ4v) is 5.56. The second-order valence-electron chi connectivity index (χ2n) is 9.78. The average molecular weight is 475 g/mol. The van der Waals surface area contributed by atoms with Gasteiger partial charge in [0.25, 0.3) is 0 Å². The predicted molar refractivity (Wildman–Crippen MR) is 146 cm³/mol. The molecule has 1 aliphatic rings. The minimum atomic E-state index is -0.293. The van der Waals surface area contributed by atoms with Crippen molar-refractivity contribution in [1.29, 1.82) is 0 Å². The van der Waals surface area contributed by atoms with Gasteiger partial charge in [0.05, 0.1) is 5.02 Å². The Morgan fingerprint density at radius 1 is 0.794 bits per heavy atom. The molecule has 0 bridgehead atoms. The highest BCUT2D eigenvalue weighted by Crippen LogP contribution is 2.38. The maximum atomic E-state index is 14.4. The van der Waals surface area contributed by atoms with Crippen LogP contribution < -0.4 is 0 Å². The molecule has 0 radical (unpaired) electrons. The smallest absolute Gasteiger partial charge is 0.145 e. The number of benzene rings is 3. The van der Waals surface area contributed by atoms with Crippen molar-refractivity contribution in [3.8, 4) is 11.1 Å². The molecule has 0 saturated heterocycles. The Balaban J connectivity index is 1.40. The lowest BCUT2D eigenvalue weighted by atomic mass is 9.77. The molecule has 0 atom stereocenters. The van der Waals surface area contributed by atoms with Crippen LogP contribution >= 0.6 is 11.6 Å². The number of rotatable bonds is 8. The molecule has 178 valence electrons. The summed E-state index contributed by atoms with van der Waals surface area (Å²) in [4.78, 5) is 0. The van der Waals surface area contributed by atoms with Gasteiger partial charge in [0.1, 0.15) is 5.82 Å². The summed E-state index contributed by atoms with van der Waals surface area (Å²) in [5.74, 6) is 1.38. The molecule has 3 aromatic rings. The molecule has 0 aromatic heterocycles. The van der Waals surface area contributed by atoms with Gasteiger partial charge in [-0.1, -0.05) is 118 Å². The van der Waals surface area contributed by atoms with Gasteiger partial charge in [0, 0.05) is 0 Å². The van der Waals surface area contributed by atoms with Crippen molar-refractivity contribution in [1.82, 2.24) is 0 Å². The fraction of sp³-hybridized carbons (Fsp3) is 0.375. The summed E-state index contributed by atoms with van der Waals surface area (Å²) in [5, 5.41) is 0.206. The van der Waals surface area contributed by atoms with Crippen molar-refractivity contribution in [2.45, 2.75) is 71.1 Å². The van der Waals surface area contributed by atoms with Gasteiger partial charge in [-0.2, -0.15) is 0 Å². The normalized spacial score (nSPS) is 18.5. The van der Waals surface area contributed by atoms with Crippen LogP contribution in [0, 0.1) is 11.7 Å². The largest absolute Gasteiger partial charge is 0.205 e. The predicted octanol–water partition coefficient (Wildman–Crippen LogP) is 10.3. The number of hydrogen-bond acceptors (Lipinski definition) is 0. The van der Waals surface area contributed by atoms with Crippen LogP contribution in [0.15, 0.2) is 60.7 Å². The minimum absolute atomic E-state index is 0.206. The topological polar surface area (TPSA) is 0 Å². The van der Waals surface area contributed by atoms with Gasteiger partial charge in [0.15, 0.2) is 0 Å². The van der Waals surface area contributed by atoms with Crippen LogP contribution in [0.5, 0.6) is 0 Å². The van der Waals surface area contributed by atoms with E-state index in [-0.39, 0.29) is 10.8 Å². The summed E-state index contributed by atoms with van der Waals surface area (Å²) in [6.45, 7) is 4.34.